The lowest BCUT2D eigenvalue weighted by Gasteiger charge is -2.25. The molecule has 1 fully saturated rings. The van der Waals surface area contributed by atoms with Crippen LogP contribution in [0, 0.1) is 12.8 Å². The van der Waals surface area contributed by atoms with E-state index in [0.29, 0.717) is 0 Å². The van der Waals surface area contributed by atoms with Crippen LogP contribution in [0.25, 0.3) is 10.9 Å². The Morgan fingerprint density at radius 3 is 2.62 bits per heavy atom. The maximum absolute atomic E-state index is 4.53. The zero-order valence-electron chi connectivity index (χ0n) is 16.9. The van der Waals surface area contributed by atoms with Crippen molar-refractivity contribution in [3.63, 3.8) is 0 Å². The molecule has 0 aliphatic heterocycles. The highest BCUT2D eigenvalue weighted by Gasteiger charge is 2.17. The van der Waals surface area contributed by atoms with Crippen molar-refractivity contribution in [1.29, 1.82) is 0 Å². The molecule has 3 nitrogen and oxygen atoms in total. The number of aromatic nitrogens is 1. The Morgan fingerprint density at radius 1 is 1.08 bits per heavy atom. The first-order chi connectivity index (χ1) is 12.7. The summed E-state index contributed by atoms with van der Waals surface area (Å²) in [5.74, 6) is 0.962. The molecule has 0 amide bonds. The van der Waals surface area contributed by atoms with Gasteiger partial charge in [-0.1, -0.05) is 31.9 Å². The fourth-order valence-corrected chi connectivity index (χ4v) is 4.32. The summed E-state index contributed by atoms with van der Waals surface area (Å²) in [6.07, 6.45) is 10.3. The second-order valence-electron chi connectivity index (χ2n) is 8.02. The molecule has 0 N–H and O–H groups in total. The number of aryl methyl sites for hydroxylation is 1. The van der Waals surface area contributed by atoms with E-state index in [1.54, 1.807) is 0 Å². The lowest BCUT2D eigenvalue weighted by atomic mass is 10.1. The molecule has 0 atom stereocenters. The first kappa shape index (κ1) is 19.2. The molecule has 0 unspecified atom stereocenters. The minimum atomic E-state index is 0.962. The van der Waals surface area contributed by atoms with Crippen LogP contribution in [0.15, 0.2) is 30.5 Å². The predicted octanol–water partition coefficient (Wildman–Crippen LogP) is 5.27. The summed E-state index contributed by atoms with van der Waals surface area (Å²) in [6, 6.07) is 8.72. The van der Waals surface area contributed by atoms with Gasteiger partial charge in [-0.05, 0) is 69.3 Å². The lowest BCUT2D eigenvalue weighted by molar-refractivity contribution is 0.238. The number of anilines is 1. The van der Waals surface area contributed by atoms with Crippen LogP contribution in [0.2, 0.25) is 0 Å². The Bertz CT molecular complexity index is 691. The van der Waals surface area contributed by atoms with E-state index >= 15 is 0 Å². The van der Waals surface area contributed by atoms with Crippen molar-refractivity contribution < 1.29 is 0 Å². The molecule has 1 aliphatic rings. The van der Waals surface area contributed by atoms with Crippen LogP contribution in [-0.2, 0) is 0 Å². The van der Waals surface area contributed by atoms with Crippen molar-refractivity contribution in [3.8, 4) is 0 Å². The highest BCUT2D eigenvalue weighted by molar-refractivity contribution is 5.91. The molecule has 0 spiro atoms. The van der Waals surface area contributed by atoms with E-state index in [2.05, 4.69) is 59.9 Å². The number of hydrogen-bond donors (Lipinski definition) is 0. The highest BCUT2D eigenvalue weighted by Crippen LogP contribution is 2.26. The summed E-state index contributed by atoms with van der Waals surface area (Å²) in [6.45, 7) is 9.31. The first-order valence-corrected chi connectivity index (χ1v) is 10.5. The topological polar surface area (TPSA) is 19.4 Å². The molecular formula is C23H35N3. The third-order valence-electron chi connectivity index (χ3n) is 5.94. The van der Waals surface area contributed by atoms with Gasteiger partial charge < -0.3 is 9.80 Å². The SMILES string of the molecule is CCN(CCCCN(C)c1ccnc2cc(C)ccc12)CC1CCCC1. The summed E-state index contributed by atoms with van der Waals surface area (Å²) in [4.78, 5) is 9.59. The van der Waals surface area contributed by atoms with E-state index in [1.807, 2.05) is 6.20 Å². The van der Waals surface area contributed by atoms with Crippen molar-refractivity contribution in [2.75, 3.05) is 38.1 Å². The molecule has 1 saturated carbocycles. The molecule has 1 heterocycles. The van der Waals surface area contributed by atoms with Crippen LogP contribution >= 0.6 is 0 Å². The Labute approximate surface area is 159 Å². The van der Waals surface area contributed by atoms with Crippen LogP contribution in [0.3, 0.4) is 0 Å². The van der Waals surface area contributed by atoms with Gasteiger partial charge in [-0.15, -0.1) is 0 Å². The number of nitrogens with zero attached hydrogens (tertiary/aromatic N) is 3. The molecule has 3 rings (SSSR count). The number of hydrogen-bond acceptors (Lipinski definition) is 3. The molecule has 1 aromatic heterocycles. The number of rotatable bonds is 9. The summed E-state index contributed by atoms with van der Waals surface area (Å²) in [5.41, 5.74) is 3.67. The summed E-state index contributed by atoms with van der Waals surface area (Å²) >= 11 is 0. The van der Waals surface area contributed by atoms with Gasteiger partial charge in [0.15, 0.2) is 0 Å². The van der Waals surface area contributed by atoms with E-state index < -0.39 is 0 Å². The monoisotopic (exact) mass is 353 g/mol. The standard InChI is InChI=1S/C23H35N3/c1-4-26(18-20-9-5-6-10-20)16-8-7-15-25(3)23-13-14-24-22-17-19(2)11-12-21(22)23/h11-14,17,20H,4-10,15-16,18H2,1-3H3. The van der Waals surface area contributed by atoms with Gasteiger partial charge in [-0.3, -0.25) is 4.98 Å². The van der Waals surface area contributed by atoms with E-state index in [9.17, 15) is 0 Å². The van der Waals surface area contributed by atoms with Crippen LogP contribution in [0.5, 0.6) is 0 Å². The summed E-state index contributed by atoms with van der Waals surface area (Å²) in [7, 11) is 2.21. The van der Waals surface area contributed by atoms with Gasteiger partial charge in [0.1, 0.15) is 0 Å². The molecule has 1 aliphatic carbocycles. The Balaban J connectivity index is 1.48. The second-order valence-corrected chi connectivity index (χ2v) is 8.02. The minimum Gasteiger partial charge on any atom is -0.374 e. The quantitative estimate of drug-likeness (QED) is 0.572. The molecule has 142 valence electrons. The lowest BCUT2D eigenvalue weighted by Crippen LogP contribution is -2.30. The molecule has 3 heteroatoms. The number of fused-ring (bicyclic) bond motifs is 1. The summed E-state index contributed by atoms with van der Waals surface area (Å²) < 4.78 is 0. The average molecular weight is 354 g/mol. The summed E-state index contributed by atoms with van der Waals surface area (Å²) in [5, 5.41) is 1.26. The van der Waals surface area contributed by atoms with Gasteiger partial charge in [0.05, 0.1) is 5.52 Å². The zero-order valence-corrected chi connectivity index (χ0v) is 16.9. The Hall–Kier alpha value is -1.61. The number of benzene rings is 1. The van der Waals surface area contributed by atoms with Crippen LogP contribution in [0.4, 0.5) is 5.69 Å². The van der Waals surface area contributed by atoms with Gasteiger partial charge >= 0.3 is 0 Å². The normalized spacial score (nSPS) is 15.2. The largest absolute Gasteiger partial charge is 0.374 e. The van der Waals surface area contributed by atoms with Gasteiger partial charge in [0.2, 0.25) is 0 Å². The van der Waals surface area contributed by atoms with E-state index in [0.717, 1.165) is 18.0 Å². The van der Waals surface area contributed by atoms with Gasteiger partial charge in [0.25, 0.3) is 0 Å². The van der Waals surface area contributed by atoms with Crippen molar-refractivity contribution >= 4 is 16.6 Å². The third-order valence-corrected chi connectivity index (χ3v) is 5.94. The van der Waals surface area contributed by atoms with Crippen molar-refractivity contribution in [1.82, 2.24) is 9.88 Å². The zero-order chi connectivity index (χ0) is 18.4. The minimum absolute atomic E-state index is 0.962. The van der Waals surface area contributed by atoms with Crippen molar-refractivity contribution in [2.24, 2.45) is 5.92 Å². The molecule has 1 aromatic carbocycles. The smallest absolute Gasteiger partial charge is 0.0725 e. The van der Waals surface area contributed by atoms with E-state index in [-0.39, 0.29) is 0 Å². The molecule has 0 radical (unpaired) electrons. The van der Waals surface area contributed by atoms with Crippen molar-refractivity contribution in [3.05, 3.63) is 36.0 Å². The number of unbranched alkanes of at least 4 members (excludes halogenated alkanes) is 1. The first-order valence-electron chi connectivity index (χ1n) is 10.5. The average Bonchev–Trinajstić information content (AvgIpc) is 3.16. The Morgan fingerprint density at radius 2 is 1.85 bits per heavy atom. The molecule has 26 heavy (non-hydrogen) atoms. The van der Waals surface area contributed by atoms with Crippen LogP contribution in [0.1, 0.15) is 51.0 Å². The van der Waals surface area contributed by atoms with Gasteiger partial charge in [-0.2, -0.15) is 0 Å². The number of pyridine rings is 1. The maximum Gasteiger partial charge on any atom is 0.0725 e. The highest BCUT2D eigenvalue weighted by atomic mass is 15.1. The van der Waals surface area contributed by atoms with E-state index in [4.69, 9.17) is 0 Å². The van der Waals surface area contributed by atoms with Gasteiger partial charge in [-0.25, -0.2) is 0 Å². The fraction of sp³-hybridized carbons (Fsp3) is 0.609. The van der Waals surface area contributed by atoms with Crippen LogP contribution in [-0.4, -0.2) is 43.1 Å². The second kappa shape index (κ2) is 9.36. The van der Waals surface area contributed by atoms with Crippen LogP contribution < -0.4 is 4.90 Å². The molecule has 0 saturated heterocycles. The van der Waals surface area contributed by atoms with Gasteiger partial charge in [0, 0.05) is 37.4 Å². The molecule has 0 bridgehead atoms. The third kappa shape index (κ3) is 4.97. The predicted molar refractivity (Wildman–Crippen MR) is 113 cm³/mol. The fourth-order valence-electron chi connectivity index (χ4n) is 4.32. The molecule has 2 aromatic rings. The molecular weight excluding hydrogens is 318 g/mol. The van der Waals surface area contributed by atoms with Crippen molar-refractivity contribution in [2.45, 2.75) is 52.4 Å². The maximum atomic E-state index is 4.53. The van der Waals surface area contributed by atoms with E-state index in [1.165, 1.54) is 74.8 Å². The Kier molecular flexibility index (Phi) is 6.90.